The number of nitrogen functional groups attached to an aromatic ring is 1. The van der Waals surface area contributed by atoms with E-state index in [-0.39, 0.29) is 6.04 Å². The van der Waals surface area contributed by atoms with Crippen molar-refractivity contribution in [3.05, 3.63) is 54.1 Å². The molecule has 0 fully saturated rings. The number of hydrogen-bond acceptors (Lipinski definition) is 3. The number of fused-ring (bicyclic) bond motifs is 1. The molecule has 21 heavy (non-hydrogen) atoms. The first-order valence-electron chi connectivity index (χ1n) is 7.11. The van der Waals surface area contributed by atoms with Gasteiger partial charge in [-0.25, -0.2) is 4.98 Å². The van der Waals surface area contributed by atoms with Crippen molar-refractivity contribution in [2.24, 2.45) is 0 Å². The summed E-state index contributed by atoms with van der Waals surface area (Å²) in [5.41, 5.74) is 9.30. The molecule has 0 bridgehead atoms. The number of anilines is 1. The second-order valence-electron chi connectivity index (χ2n) is 5.03. The van der Waals surface area contributed by atoms with Gasteiger partial charge in [0.2, 0.25) is 5.95 Å². The van der Waals surface area contributed by atoms with Gasteiger partial charge in [0.15, 0.2) is 0 Å². The number of methoxy groups -OCH3 is 1. The van der Waals surface area contributed by atoms with E-state index in [4.69, 9.17) is 10.5 Å². The van der Waals surface area contributed by atoms with Crippen molar-refractivity contribution in [2.75, 3.05) is 12.8 Å². The minimum absolute atomic E-state index is 0.185. The van der Waals surface area contributed by atoms with E-state index in [0.29, 0.717) is 5.95 Å². The Morgan fingerprint density at radius 1 is 1.19 bits per heavy atom. The molecule has 0 aliphatic carbocycles. The van der Waals surface area contributed by atoms with E-state index < -0.39 is 0 Å². The molecule has 1 heterocycles. The van der Waals surface area contributed by atoms with Gasteiger partial charge in [0.25, 0.3) is 0 Å². The first-order valence-corrected chi connectivity index (χ1v) is 7.11. The van der Waals surface area contributed by atoms with Gasteiger partial charge < -0.3 is 15.0 Å². The minimum Gasteiger partial charge on any atom is -0.497 e. The fourth-order valence-electron chi connectivity index (χ4n) is 2.79. The number of ether oxygens (including phenoxy) is 1. The molecule has 2 aromatic carbocycles. The van der Waals surface area contributed by atoms with E-state index in [1.807, 2.05) is 24.3 Å². The molecule has 3 aromatic rings. The molecule has 1 aromatic heterocycles. The molecule has 0 saturated carbocycles. The van der Waals surface area contributed by atoms with Gasteiger partial charge in [-0.15, -0.1) is 0 Å². The van der Waals surface area contributed by atoms with Crippen LogP contribution >= 0.6 is 0 Å². The highest BCUT2D eigenvalue weighted by atomic mass is 16.5. The van der Waals surface area contributed by atoms with Crippen molar-refractivity contribution in [1.29, 1.82) is 0 Å². The maximum Gasteiger partial charge on any atom is 0.201 e. The Morgan fingerprint density at radius 2 is 1.95 bits per heavy atom. The monoisotopic (exact) mass is 281 g/mol. The van der Waals surface area contributed by atoms with E-state index in [2.05, 4.69) is 40.7 Å². The van der Waals surface area contributed by atoms with E-state index in [1.54, 1.807) is 7.11 Å². The Bertz CT molecular complexity index is 749. The smallest absolute Gasteiger partial charge is 0.201 e. The van der Waals surface area contributed by atoms with Gasteiger partial charge in [0.1, 0.15) is 5.75 Å². The van der Waals surface area contributed by atoms with Crippen LogP contribution in [0.25, 0.3) is 11.0 Å². The summed E-state index contributed by atoms with van der Waals surface area (Å²) in [5.74, 6) is 1.33. The highest BCUT2D eigenvalue weighted by molar-refractivity contribution is 5.80. The van der Waals surface area contributed by atoms with Gasteiger partial charge in [0.05, 0.1) is 24.2 Å². The Labute approximate surface area is 124 Å². The van der Waals surface area contributed by atoms with Crippen LogP contribution in [0.3, 0.4) is 0 Å². The van der Waals surface area contributed by atoms with Crippen LogP contribution in [0.2, 0.25) is 0 Å². The molecule has 3 rings (SSSR count). The molecule has 0 radical (unpaired) electrons. The highest BCUT2D eigenvalue weighted by Crippen LogP contribution is 2.31. The second kappa shape index (κ2) is 5.48. The topological polar surface area (TPSA) is 53.1 Å². The Hall–Kier alpha value is -2.49. The average molecular weight is 281 g/mol. The van der Waals surface area contributed by atoms with Crippen LogP contribution in [0, 0.1) is 0 Å². The van der Waals surface area contributed by atoms with Crippen LogP contribution in [-0.4, -0.2) is 16.7 Å². The van der Waals surface area contributed by atoms with Crippen molar-refractivity contribution in [3.63, 3.8) is 0 Å². The molecular formula is C17H19N3O. The minimum atomic E-state index is 0.185. The summed E-state index contributed by atoms with van der Waals surface area (Å²) in [7, 11) is 1.65. The maximum atomic E-state index is 6.17. The first kappa shape index (κ1) is 13.5. The molecule has 0 amide bonds. The van der Waals surface area contributed by atoms with Gasteiger partial charge in [-0.3, -0.25) is 0 Å². The van der Waals surface area contributed by atoms with Crippen molar-refractivity contribution in [2.45, 2.75) is 19.4 Å². The van der Waals surface area contributed by atoms with Crippen molar-refractivity contribution < 1.29 is 4.74 Å². The predicted molar refractivity (Wildman–Crippen MR) is 85.6 cm³/mol. The first-order chi connectivity index (χ1) is 10.2. The lowest BCUT2D eigenvalue weighted by molar-refractivity contribution is 0.415. The fourth-order valence-corrected chi connectivity index (χ4v) is 2.79. The number of aromatic nitrogens is 2. The molecule has 2 N–H and O–H groups in total. The van der Waals surface area contributed by atoms with E-state index in [9.17, 15) is 0 Å². The quantitative estimate of drug-likeness (QED) is 0.794. The van der Waals surface area contributed by atoms with Crippen LogP contribution in [0.4, 0.5) is 5.95 Å². The van der Waals surface area contributed by atoms with Crippen LogP contribution in [-0.2, 0) is 0 Å². The largest absolute Gasteiger partial charge is 0.497 e. The lowest BCUT2D eigenvalue weighted by atomic mass is 10.0. The Kier molecular flexibility index (Phi) is 3.52. The van der Waals surface area contributed by atoms with Crippen molar-refractivity contribution in [3.8, 4) is 5.75 Å². The average Bonchev–Trinajstić information content (AvgIpc) is 2.85. The summed E-state index contributed by atoms with van der Waals surface area (Å²) < 4.78 is 7.35. The summed E-state index contributed by atoms with van der Waals surface area (Å²) in [6.45, 7) is 2.16. The van der Waals surface area contributed by atoms with Crippen LogP contribution in [0.15, 0.2) is 48.5 Å². The van der Waals surface area contributed by atoms with Gasteiger partial charge in [0, 0.05) is 6.07 Å². The number of nitrogens with zero attached hydrogens (tertiary/aromatic N) is 2. The predicted octanol–water partition coefficient (Wildman–Crippen LogP) is 3.63. The summed E-state index contributed by atoms with van der Waals surface area (Å²) in [6, 6.07) is 16.4. The number of benzene rings is 2. The zero-order valence-corrected chi connectivity index (χ0v) is 12.3. The molecule has 0 aliphatic heterocycles. The third-order valence-electron chi connectivity index (χ3n) is 3.81. The molecule has 0 saturated heterocycles. The summed E-state index contributed by atoms with van der Waals surface area (Å²) >= 11 is 0. The van der Waals surface area contributed by atoms with Crippen molar-refractivity contribution in [1.82, 2.24) is 9.55 Å². The Morgan fingerprint density at radius 3 is 2.62 bits per heavy atom. The van der Waals surface area contributed by atoms with E-state index in [0.717, 1.165) is 23.2 Å². The molecular weight excluding hydrogens is 262 g/mol. The van der Waals surface area contributed by atoms with Gasteiger partial charge in [-0.05, 0) is 24.1 Å². The third kappa shape index (κ3) is 2.33. The normalized spacial score (nSPS) is 12.5. The molecule has 0 aliphatic rings. The zero-order chi connectivity index (χ0) is 14.8. The van der Waals surface area contributed by atoms with Crippen LogP contribution < -0.4 is 10.5 Å². The molecule has 4 nitrogen and oxygen atoms in total. The van der Waals surface area contributed by atoms with Crippen LogP contribution in [0.1, 0.15) is 24.9 Å². The summed E-state index contributed by atoms with van der Waals surface area (Å²) in [5, 5.41) is 0. The lowest BCUT2D eigenvalue weighted by Crippen LogP contribution is -2.12. The summed E-state index contributed by atoms with van der Waals surface area (Å²) in [6.07, 6.45) is 0.950. The number of imidazole rings is 1. The zero-order valence-electron chi connectivity index (χ0n) is 12.3. The second-order valence-corrected chi connectivity index (χ2v) is 5.03. The fraction of sp³-hybridized carbons (Fsp3) is 0.235. The number of hydrogen-bond donors (Lipinski definition) is 1. The van der Waals surface area contributed by atoms with Gasteiger partial charge in [-0.1, -0.05) is 37.3 Å². The number of nitrogens with two attached hydrogens (primary N) is 1. The molecule has 4 heteroatoms. The summed E-state index contributed by atoms with van der Waals surface area (Å²) in [4.78, 5) is 4.48. The molecule has 1 unspecified atom stereocenters. The molecule has 0 spiro atoms. The van der Waals surface area contributed by atoms with Crippen molar-refractivity contribution >= 4 is 17.0 Å². The third-order valence-corrected chi connectivity index (χ3v) is 3.81. The molecule has 1 atom stereocenters. The Balaban J connectivity index is 2.16. The molecule has 108 valence electrons. The van der Waals surface area contributed by atoms with E-state index in [1.165, 1.54) is 5.56 Å². The number of rotatable bonds is 4. The SMILES string of the molecule is CCC(c1ccccc1)n1c(N)nc2cc(OC)ccc21. The van der Waals surface area contributed by atoms with Gasteiger partial charge >= 0.3 is 0 Å². The van der Waals surface area contributed by atoms with Crippen LogP contribution in [0.5, 0.6) is 5.75 Å². The van der Waals surface area contributed by atoms with E-state index >= 15 is 0 Å². The van der Waals surface area contributed by atoms with Gasteiger partial charge in [-0.2, -0.15) is 0 Å². The standard InChI is InChI=1S/C17H19N3O/c1-3-15(12-7-5-4-6-8-12)20-16-10-9-13(21-2)11-14(16)19-17(20)18/h4-11,15H,3H2,1-2H3,(H2,18,19). The highest BCUT2D eigenvalue weighted by Gasteiger charge is 2.18. The lowest BCUT2D eigenvalue weighted by Gasteiger charge is -2.19. The maximum absolute atomic E-state index is 6.17.